The highest BCUT2D eigenvalue weighted by atomic mass is 16.3. The van der Waals surface area contributed by atoms with Gasteiger partial charge in [0.2, 0.25) is 0 Å². The first-order valence-corrected chi connectivity index (χ1v) is 13.6. The number of aliphatic hydroxyl groups is 3. The molecule has 4 rings (SSSR count). The van der Waals surface area contributed by atoms with E-state index in [-0.39, 0.29) is 11.5 Å². The number of allylic oxidation sites excluding steroid dienone is 3. The predicted molar refractivity (Wildman–Crippen MR) is 131 cm³/mol. The van der Waals surface area contributed by atoms with Crippen LogP contribution >= 0.6 is 0 Å². The Bertz CT molecular complexity index is 750. The summed E-state index contributed by atoms with van der Waals surface area (Å²) in [5, 5.41) is 31.6. The predicted octanol–water partition coefficient (Wildman–Crippen LogP) is 6.17. The Kier molecular flexibility index (Phi) is 6.78. The molecule has 0 heterocycles. The Balaban J connectivity index is 1.48. The van der Waals surface area contributed by atoms with Crippen molar-refractivity contribution in [2.45, 2.75) is 123 Å². The van der Waals surface area contributed by atoms with E-state index in [1.54, 1.807) is 5.57 Å². The Labute approximate surface area is 196 Å². The highest BCUT2D eigenvalue weighted by Crippen LogP contribution is 2.66. The lowest BCUT2D eigenvalue weighted by atomic mass is 9.50. The summed E-state index contributed by atoms with van der Waals surface area (Å²) in [4.78, 5) is 0. The lowest BCUT2D eigenvalue weighted by Gasteiger charge is -2.55. The summed E-state index contributed by atoms with van der Waals surface area (Å²) in [6.45, 7) is 11.4. The van der Waals surface area contributed by atoms with Crippen molar-refractivity contribution in [2.24, 2.45) is 34.5 Å². The van der Waals surface area contributed by atoms with Crippen molar-refractivity contribution in [3.8, 4) is 0 Å². The summed E-state index contributed by atoms with van der Waals surface area (Å²) >= 11 is 0. The van der Waals surface area contributed by atoms with Gasteiger partial charge in [0.05, 0.1) is 17.8 Å². The molecule has 0 aromatic carbocycles. The molecule has 0 saturated heterocycles. The van der Waals surface area contributed by atoms with Crippen LogP contribution < -0.4 is 0 Å². The van der Waals surface area contributed by atoms with Crippen molar-refractivity contribution < 1.29 is 15.3 Å². The fraction of sp³-hybridized carbons (Fsp3) is 0.862. The molecular weight excluding hydrogens is 396 g/mol. The molecule has 0 radical (unpaired) electrons. The molecule has 0 spiro atoms. The van der Waals surface area contributed by atoms with Crippen LogP contribution in [0.15, 0.2) is 23.3 Å². The molecule has 3 fully saturated rings. The number of rotatable bonds is 7. The molecular formula is C29H48O3. The van der Waals surface area contributed by atoms with Gasteiger partial charge in [-0.05, 0) is 105 Å². The Morgan fingerprint density at radius 2 is 1.72 bits per heavy atom. The van der Waals surface area contributed by atoms with E-state index in [0.29, 0.717) is 48.3 Å². The van der Waals surface area contributed by atoms with Gasteiger partial charge in [-0.3, -0.25) is 0 Å². The molecule has 4 aliphatic rings. The minimum atomic E-state index is -0.931. The van der Waals surface area contributed by atoms with Crippen molar-refractivity contribution in [3.05, 3.63) is 23.3 Å². The van der Waals surface area contributed by atoms with Gasteiger partial charge in [-0.1, -0.05) is 57.9 Å². The maximum Gasteiger partial charge on any atom is 0.0900 e. The smallest absolute Gasteiger partial charge is 0.0900 e. The first-order chi connectivity index (χ1) is 15.1. The molecule has 0 aliphatic heterocycles. The van der Waals surface area contributed by atoms with Crippen LogP contribution in [0.4, 0.5) is 0 Å². The van der Waals surface area contributed by atoms with Gasteiger partial charge >= 0.3 is 0 Å². The number of aliphatic hydroxyl groups excluding tert-OH is 2. The molecule has 0 aromatic rings. The van der Waals surface area contributed by atoms with Crippen molar-refractivity contribution in [1.29, 1.82) is 0 Å². The van der Waals surface area contributed by atoms with E-state index in [0.717, 1.165) is 25.7 Å². The zero-order valence-corrected chi connectivity index (χ0v) is 21.2. The minimum absolute atomic E-state index is 0.150. The van der Waals surface area contributed by atoms with Crippen LogP contribution in [0.5, 0.6) is 0 Å². The highest BCUT2D eigenvalue weighted by Gasteiger charge is 2.57. The summed E-state index contributed by atoms with van der Waals surface area (Å²) in [5.74, 6) is 2.62. The quantitative estimate of drug-likeness (QED) is 0.440. The summed E-state index contributed by atoms with van der Waals surface area (Å²) < 4.78 is 0. The molecule has 0 bridgehead atoms. The van der Waals surface area contributed by atoms with Crippen molar-refractivity contribution in [3.63, 3.8) is 0 Å². The van der Waals surface area contributed by atoms with Crippen LogP contribution in [0.1, 0.15) is 105 Å². The van der Waals surface area contributed by atoms with Gasteiger partial charge in [-0.2, -0.15) is 0 Å². The molecule has 3 heteroatoms. The van der Waals surface area contributed by atoms with Gasteiger partial charge in [0, 0.05) is 0 Å². The average molecular weight is 445 g/mol. The molecule has 6 unspecified atom stereocenters. The van der Waals surface area contributed by atoms with Crippen LogP contribution in [0.2, 0.25) is 0 Å². The van der Waals surface area contributed by atoms with Crippen LogP contribution in [0, 0.1) is 34.5 Å². The normalized spacial score (nSPS) is 41.1. The maximum absolute atomic E-state index is 10.7. The lowest BCUT2D eigenvalue weighted by molar-refractivity contribution is -0.0859. The van der Waals surface area contributed by atoms with Crippen LogP contribution in [-0.2, 0) is 0 Å². The summed E-state index contributed by atoms with van der Waals surface area (Å²) in [5.41, 5.74) is 2.88. The molecule has 32 heavy (non-hydrogen) atoms. The van der Waals surface area contributed by atoms with Crippen LogP contribution in [-0.4, -0.2) is 33.1 Å². The monoisotopic (exact) mass is 444 g/mol. The van der Waals surface area contributed by atoms with E-state index in [4.69, 9.17) is 0 Å². The van der Waals surface area contributed by atoms with Gasteiger partial charge in [-0.15, -0.1) is 0 Å². The second kappa shape index (κ2) is 8.86. The second-order valence-corrected chi connectivity index (χ2v) is 12.4. The first kappa shape index (κ1) is 24.5. The van der Waals surface area contributed by atoms with Gasteiger partial charge in [0.15, 0.2) is 0 Å². The van der Waals surface area contributed by atoms with E-state index in [2.05, 4.69) is 32.9 Å². The van der Waals surface area contributed by atoms with Gasteiger partial charge in [0.25, 0.3) is 0 Å². The van der Waals surface area contributed by atoms with Gasteiger partial charge in [0.1, 0.15) is 0 Å². The third-order valence-corrected chi connectivity index (χ3v) is 11.0. The molecule has 0 aromatic heterocycles. The lowest BCUT2D eigenvalue weighted by Crippen LogP contribution is -2.46. The van der Waals surface area contributed by atoms with Crippen molar-refractivity contribution >= 4 is 0 Å². The first-order valence-electron chi connectivity index (χ1n) is 13.6. The van der Waals surface area contributed by atoms with E-state index in [9.17, 15) is 15.3 Å². The zero-order chi connectivity index (χ0) is 23.3. The average Bonchev–Trinajstić information content (AvgIpc) is 3.14. The molecule has 182 valence electrons. The van der Waals surface area contributed by atoms with Crippen LogP contribution in [0.3, 0.4) is 0 Å². The molecule has 3 saturated carbocycles. The summed E-state index contributed by atoms with van der Waals surface area (Å²) in [7, 11) is 0. The van der Waals surface area contributed by atoms with E-state index in [1.165, 1.54) is 31.3 Å². The van der Waals surface area contributed by atoms with Gasteiger partial charge < -0.3 is 15.3 Å². The number of hydrogen-bond donors (Lipinski definition) is 3. The largest absolute Gasteiger partial charge is 0.393 e. The fourth-order valence-electron chi connectivity index (χ4n) is 8.57. The fourth-order valence-corrected chi connectivity index (χ4v) is 8.57. The van der Waals surface area contributed by atoms with Gasteiger partial charge in [-0.25, -0.2) is 0 Å². The van der Waals surface area contributed by atoms with E-state index < -0.39 is 11.7 Å². The molecule has 0 amide bonds. The van der Waals surface area contributed by atoms with E-state index >= 15 is 0 Å². The van der Waals surface area contributed by atoms with Crippen molar-refractivity contribution in [1.82, 2.24) is 0 Å². The summed E-state index contributed by atoms with van der Waals surface area (Å²) in [6, 6.07) is 0. The molecule has 8 atom stereocenters. The zero-order valence-electron chi connectivity index (χ0n) is 21.2. The topological polar surface area (TPSA) is 60.7 Å². The Hall–Kier alpha value is -0.640. The molecule has 4 aliphatic carbocycles. The Morgan fingerprint density at radius 3 is 2.41 bits per heavy atom. The molecule has 3 nitrogen and oxygen atoms in total. The standard InChI is InChI=1S/C29H48O3/c1-6-29(32,7-2)26(31)13-8-19(3)23-11-12-24-22-10-9-20-18-21(30)14-16-27(20,4)25(22)15-17-28(23,24)5/h9-10,19,21,23-26,30-32H,6-8,11-18H2,1-5H3/t19-,21?,23?,24?,25?,26-,27?,28?/m1/s1. The van der Waals surface area contributed by atoms with Crippen LogP contribution in [0.25, 0.3) is 0 Å². The Morgan fingerprint density at radius 1 is 1.00 bits per heavy atom. The maximum atomic E-state index is 10.7. The second-order valence-electron chi connectivity index (χ2n) is 12.4. The highest BCUT2D eigenvalue weighted by molar-refractivity contribution is 5.38. The van der Waals surface area contributed by atoms with Crippen molar-refractivity contribution in [2.75, 3.05) is 0 Å². The number of fused-ring (bicyclic) bond motifs is 5. The number of hydrogen-bond acceptors (Lipinski definition) is 3. The SMILES string of the molecule is CCC(O)(CC)[C@H](O)CC[C@@H](C)C1CCC2C3=CC=C4CC(O)CCC4(C)C3CCC21C. The third-order valence-electron chi connectivity index (χ3n) is 11.0. The summed E-state index contributed by atoms with van der Waals surface area (Å²) in [6.07, 6.45) is 15.1. The molecule has 3 N–H and O–H groups in total. The van der Waals surface area contributed by atoms with E-state index in [1.807, 2.05) is 13.8 Å². The minimum Gasteiger partial charge on any atom is -0.393 e. The third kappa shape index (κ3) is 3.85.